The van der Waals surface area contributed by atoms with Gasteiger partial charge in [0.15, 0.2) is 0 Å². The molecule has 0 radical (unpaired) electrons. The molecule has 0 saturated carbocycles. The van der Waals surface area contributed by atoms with Crippen molar-refractivity contribution in [3.05, 3.63) is 54.2 Å². The van der Waals surface area contributed by atoms with Crippen LogP contribution in [0.25, 0.3) is 22.0 Å². The highest BCUT2D eigenvalue weighted by Crippen LogP contribution is 2.24. The second-order valence-corrected chi connectivity index (χ2v) is 4.39. The van der Waals surface area contributed by atoms with Crippen molar-refractivity contribution in [2.45, 2.75) is 0 Å². The first-order valence-corrected chi connectivity index (χ1v) is 5.99. The summed E-state index contributed by atoms with van der Waals surface area (Å²) in [4.78, 5) is 19.1. The zero-order valence-electron chi connectivity index (χ0n) is 10.4. The number of nitrogens with two attached hydrogens (primary N) is 1. The van der Waals surface area contributed by atoms with Crippen molar-refractivity contribution >= 4 is 22.8 Å². The minimum atomic E-state index is -0.941. The van der Waals surface area contributed by atoms with Crippen molar-refractivity contribution < 1.29 is 9.90 Å². The number of aromatic carboxylic acids is 1. The second-order valence-electron chi connectivity index (χ2n) is 4.39. The summed E-state index contributed by atoms with van der Waals surface area (Å²) in [6.45, 7) is 0. The molecule has 3 rings (SSSR count). The molecular weight excluding hydrogens is 254 g/mol. The van der Waals surface area contributed by atoms with E-state index in [-0.39, 0.29) is 11.5 Å². The lowest BCUT2D eigenvalue weighted by Gasteiger charge is -2.05. The lowest BCUT2D eigenvalue weighted by atomic mass is 10.0. The van der Waals surface area contributed by atoms with Gasteiger partial charge < -0.3 is 10.8 Å². The van der Waals surface area contributed by atoms with E-state index in [0.29, 0.717) is 0 Å². The zero-order valence-corrected chi connectivity index (χ0v) is 10.4. The normalized spacial score (nSPS) is 10.6. The number of rotatable bonds is 2. The molecule has 0 amide bonds. The summed E-state index contributed by atoms with van der Waals surface area (Å²) in [5, 5.41) is 9.88. The highest BCUT2D eigenvalue weighted by atomic mass is 16.4. The Morgan fingerprint density at radius 1 is 1.10 bits per heavy atom. The molecule has 3 aromatic rings. The van der Waals surface area contributed by atoms with Gasteiger partial charge in [0.1, 0.15) is 0 Å². The third kappa shape index (κ3) is 2.16. The van der Waals surface area contributed by atoms with Crippen LogP contribution in [-0.4, -0.2) is 21.0 Å². The standard InChI is InChI=1S/C15H11N3O2/c16-15-17-8-12-7-10(4-5-13(12)18-15)9-2-1-3-11(6-9)14(19)20/h1-8H,(H,19,20)(H2,16,17,18). The van der Waals surface area contributed by atoms with Gasteiger partial charge in [-0.05, 0) is 35.4 Å². The number of aromatic nitrogens is 2. The average Bonchev–Trinajstić information content (AvgIpc) is 2.47. The van der Waals surface area contributed by atoms with Gasteiger partial charge in [-0.15, -0.1) is 0 Å². The Bertz CT molecular complexity index is 815. The maximum Gasteiger partial charge on any atom is 0.335 e. The lowest BCUT2D eigenvalue weighted by Crippen LogP contribution is -1.96. The van der Waals surface area contributed by atoms with E-state index < -0.39 is 5.97 Å². The highest BCUT2D eigenvalue weighted by molar-refractivity contribution is 5.90. The van der Waals surface area contributed by atoms with Crippen LogP contribution in [0.15, 0.2) is 48.7 Å². The summed E-state index contributed by atoms with van der Waals surface area (Å²) in [6.07, 6.45) is 1.65. The molecule has 0 saturated heterocycles. The maximum absolute atomic E-state index is 11.0. The van der Waals surface area contributed by atoms with Gasteiger partial charge in [-0.3, -0.25) is 0 Å². The molecule has 0 spiro atoms. The van der Waals surface area contributed by atoms with Gasteiger partial charge in [0.05, 0.1) is 11.1 Å². The molecule has 1 aromatic heterocycles. The maximum atomic E-state index is 11.0. The van der Waals surface area contributed by atoms with Crippen LogP contribution >= 0.6 is 0 Å². The predicted molar refractivity (Wildman–Crippen MR) is 76.3 cm³/mol. The van der Waals surface area contributed by atoms with Crippen molar-refractivity contribution in [2.75, 3.05) is 5.73 Å². The molecule has 98 valence electrons. The topological polar surface area (TPSA) is 89.1 Å². The molecular formula is C15H11N3O2. The third-order valence-electron chi connectivity index (χ3n) is 3.04. The molecule has 0 aliphatic rings. The summed E-state index contributed by atoms with van der Waals surface area (Å²) in [6, 6.07) is 12.4. The van der Waals surface area contributed by atoms with Crippen LogP contribution in [0.3, 0.4) is 0 Å². The van der Waals surface area contributed by atoms with Crippen molar-refractivity contribution in [3.8, 4) is 11.1 Å². The molecule has 0 aliphatic carbocycles. The van der Waals surface area contributed by atoms with Gasteiger partial charge in [-0.1, -0.05) is 18.2 Å². The fourth-order valence-electron chi connectivity index (χ4n) is 2.06. The van der Waals surface area contributed by atoms with E-state index in [1.807, 2.05) is 24.3 Å². The number of anilines is 1. The van der Waals surface area contributed by atoms with E-state index >= 15 is 0 Å². The smallest absolute Gasteiger partial charge is 0.335 e. The van der Waals surface area contributed by atoms with Crippen LogP contribution in [0.5, 0.6) is 0 Å². The van der Waals surface area contributed by atoms with Gasteiger partial charge in [-0.25, -0.2) is 14.8 Å². The van der Waals surface area contributed by atoms with Gasteiger partial charge in [-0.2, -0.15) is 0 Å². The van der Waals surface area contributed by atoms with Crippen molar-refractivity contribution in [1.29, 1.82) is 0 Å². The predicted octanol–water partition coefficient (Wildman–Crippen LogP) is 2.58. The number of carbonyl (C=O) groups is 1. The van der Waals surface area contributed by atoms with E-state index in [1.54, 1.807) is 24.4 Å². The van der Waals surface area contributed by atoms with Crippen molar-refractivity contribution in [1.82, 2.24) is 9.97 Å². The number of benzene rings is 2. The molecule has 0 unspecified atom stereocenters. The quantitative estimate of drug-likeness (QED) is 0.743. The molecule has 0 bridgehead atoms. The third-order valence-corrected chi connectivity index (χ3v) is 3.04. The molecule has 0 fully saturated rings. The summed E-state index contributed by atoms with van der Waals surface area (Å²) in [5.74, 6) is -0.707. The SMILES string of the molecule is Nc1ncc2cc(-c3cccc(C(=O)O)c3)ccc2n1. The second kappa shape index (κ2) is 4.62. The number of carboxylic acids is 1. The Hall–Kier alpha value is -2.95. The zero-order chi connectivity index (χ0) is 14.1. The van der Waals surface area contributed by atoms with Crippen LogP contribution in [0.4, 0.5) is 5.95 Å². The number of nitrogens with zero attached hydrogens (tertiary/aromatic N) is 2. The molecule has 2 aromatic carbocycles. The Morgan fingerprint density at radius 2 is 1.90 bits per heavy atom. The number of hydrogen-bond donors (Lipinski definition) is 2. The lowest BCUT2D eigenvalue weighted by molar-refractivity contribution is 0.0697. The number of hydrogen-bond acceptors (Lipinski definition) is 4. The average molecular weight is 265 g/mol. The van der Waals surface area contributed by atoms with Gasteiger partial charge >= 0.3 is 5.97 Å². The first kappa shape index (κ1) is 12.1. The summed E-state index contributed by atoms with van der Waals surface area (Å²) >= 11 is 0. The van der Waals surface area contributed by atoms with Gasteiger partial charge in [0.2, 0.25) is 5.95 Å². The largest absolute Gasteiger partial charge is 0.478 e. The van der Waals surface area contributed by atoms with E-state index in [2.05, 4.69) is 9.97 Å². The minimum Gasteiger partial charge on any atom is -0.478 e. The molecule has 0 aliphatic heterocycles. The fourth-order valence-corrected chi connectivity index (χ4v) is 2.06. The van der Waals surface area contributed by atoms with Crippen LogP contribution in [0.1, 0.15) is 10.4 Å². The first-order valence-electron chi connectivity index (χ1n) is 5.99. The minimum absolute atomic E-state index is 0.234. The summed E-state index contributed by atoms with van der Waals surface area (Å²) in [7, 11) is 0. The highest BCUT2D eigenvalue weighted by Gasteiger charge is 2.06. The van der Waals surface area contributed by atoms with E-state index in [0.717, 1.165) is 22.0 Å². The number of nitrogen functional groups attached to an aromatic ring is 1. The molecule has 3 N–H and O–H groups in total. The van der Waals surface area contributed by atoms with Crippen molar-refractivity contribution in [3.63, 3.8) is 0 Å². The molecule has 5 heteroatoms. The van der Waals surface area contributed by atoms with Crippen LogP contribution in [0.2, 0.25) is 0 Å². The Labute approximate surface area is 114 Å². The summed E-state index contributed by atoms with van der Waals surface area (Å²) in [5.41, 5.74) is 8.31. The van der Waals surface area contributed by atoms with E-state index in [4.69, 9.17) is 10.8 Å². The fraction of sp³-hybridized carbons (Fsp3) is 0. The van der Waals surface area contributed by atoms with Crippen molar-refractivity contribution in [2.24, 2.45) is 0 Å². The first-order chi connectivity index (χ1) is 9.63. The van der Waals surface area contributed by atoms with Crippen LogP contribution in [0, 0.1) is 0 Å². The van der Waals surface area contributed by atoms with Crippen LogP contribution < -0.4 is 5.73 Å². The van der Waals surface area contributed by atoms with E-state index in [9.17, 15) is 4.79 Å². The monoisotopic (exact) mass is 265 g/mol. The number of fused-ring (bicyclic) bond motifs is 1. The summed E-state index contributed by atoms with van der Waals surface area (Å²) < 4.78 is 0. The molecule has 5 nitrogen and oxygen atoms in total. The molecule has 0 atom stereocenters. The van der Waals surface area contributed by atoms with Gasteiger partial charge in [0.25, 0.3) is 0 Å². The molecule has 1 heterocycles. The Balaban J connectivity index is 2.12. The Morgan fingerprint density at radius 3 is 2.70 bits per heavy atom. The Kier molecular flexibility index (Phi) is 2.80. The molecule has 20 heavy (non-hydrogen) atoms. The number of carboxylic acid groups (broad SMARTS) is 1. The van der Waals surface area contributed by atoms with Crippen LogP contribution in [-0.2, 0) is 0 Å². The van der Waals surface area contributed by atoms with E-state index in [1.165, 1.54) is 0 Å². The van der Waals surface area contributed by atoms with Gasteiger partial charge in [0, 0.05) is 11.6 Å².